The minimum atomic E-state index is -3.82. The molecule has 0 fully saturated rings. The van der Waals surface area contributed by atoms with E-state index in [2.05, 4.69) is 20.0 Å². The van der Waals surface area contributed by atoms with E-state index in [9.17, 15) is 8.42 Å². The number of aromatic amines is 1. The van der Waals surface area contributed by atoms with Crippen molar-refractivity contribution in [3.63, 3.8) is 0 Å². The Bertz CT molecular complexity index is 1430. The predicted molar refractivity (Wildman–Crippen MR) is 121 cm³/mol. The van der Waals surface area contributed by atoms with Crippen molar-refractivity contribution in [2.75, 3.05) is 5.32 Å². The van der Waals surface area contributed by atoms with Gasteiger partial charge in [0.2, 0.25) is 5.96 Å². The highest BCUT2D eigenvalue weighted by atomic mass is 35.5. The zero-order chi connectivity index (χ0) is 21.4. The number of nitrogens with one attached hydrogen (secondary N) is 3. The topological polar surface area (TPSA) is 95.6 Å². The van der Waals surface area contributed by atoms with Crippen molar-refractivity contribution in [1.29, 1.82) is 0 Å². The molecule has 5 rings (SSSR count). The summed E-state index contributed by atoms with van der Waals surface area (Å²) in [6, 6.07) is 19.6. The lowest BCUT2D eigenvalue weighted by Gasteiger charge is -2.23. The molecule has 0 unspecified atom stereocenters. The Morgan fingerprint density at radius 3 is 2.61 bits per heavy atom. The summed E-state index contributed by atoms with van der Waals surface area (Å²) in [5.41, 5.74) is 2.22. The first-order valence-electron chi connectivity index (χ1n) is 9.46. The number of para-hydroxylation sites is 3. The Morgan fingerprint density at radius 2 is 1.74 bits per heavy atom. The lowest BCUT2D eigenvalue weighted by molar-refractivity contribution is 0.483. The van der Waals surface area contributed by atoms with Crippen LogP contribution < -0.4 is 14.8 Å². The molecule has 0 atom stereocenters. The number of aromatic nitrogens is 1. The van der Waals surface area contributed by atoms with Gasteiger partial charge in [-0.25, -0.2) is 18.1 Å². The summed E-state index contributed by atoms with van der Waals surface area (Å²) >= 11 is 6.20. The van der Waals surface area contributed by atoms with Gasteiger partial charge in [-0.2, -0.15) is 0 Å². The van der Waals surface area contributed by atoms with E-state index >= 15 is 0 Å². The molecule has 0 saturated carbocycles. The Morgan fingerprint density at radius 1 is 0.935 bits per heavy atom. The number of benzene rings is 3. The van der Waals surface area contributed by atoms with Gasteiger partial charge in [0.05, 0.1) is 17.1 Å². The molecule has 7 nitrogen and oxygen atoms in total. The summed E-state index contributed by atoms with van der Waals surface area (Å²) in [5.74, 6) is 0.869. The minimum absolute atomic E-state index is 0.0717. The number of ether oxygens (including phenoxy) is 1. The smallest absolute Gasteiger partial charge is 0.266 e. The number of fused-ring (bicyclic) bond motifs is 2. The number of anilines is 1. The van der Waals surface area contributed by atoms with Crippen LogP contribution in [0.3, 0.4) is 0 Å². The number of H-pyrrole nitrogens is 1. The molecule has 4 aromatic rings. The summed E-state index contributed by atoms with van der Waals surface area (Å²) in [5, 5.41) is 4.54. The van der Waals surface area contributed by atoms with Crippen molar-refractivity contribution in [3.8, 4) is 11.5 Å². The highest BCUT2D eigenvalue weighted by Crippen LogP contribution is 2.38. The maximum absolute atomic E-state index is 12.8. The summed E-state index contributed by atoms with van der Waals surface area (Å²) < 4.78 is 34.0. The van der Waals surface area contributed by atoms with E-state index in [-0.39, 0.29) is 17.4 Å². The zero-order valence-electron chi connectivity index (χ0n) is 16.1. The van der Waals surface area contributed by atoms with E-state index in [0.717, 1.165) is 16.5 Å². The summed E-state index contributed by atoms with van der Waals surface area (Å²) in [4.78, 5) is 7.72. The number of guanidine groups is 1. The van der Waals surface area contributed by atoms with Crippen LogP contribution in [0, 0.1) is 0 Å². The molecule has 3 N–H and O–H groups in total. The number of hydrogen-bond acceptors (Lipinski definition) is 4. The van der Waals surface area contributed by atoms with Gasteiger partial charge in [-0.1, -0.05) is 48.0 Å². The van der Waals surface area contributed by atoms with Crippen molar-refractivity contribution in [3.05, 3.63) is 83.5 Å². The van der Waals surface area contributed by atoms with Crippen molar-refractivity contribution in [2.45, 2.75) is 11.4 Å². The fraction of sp³-hybridized carbons (Fsp3) is 0.0455. The van der Waals surface area contributed by atoms with Crippen LogP contribution in [0.4, 0.5) is 5.69 Å². The first-order valence-corrected chi connectivity index (χ1v) is 11.3. The van der Waals surface area contributed by atoms with Gasteiger partial charge in [-0.05, 0) is 41.3 Å². The number of nitrogens with zero attached hydrogens (tertiary/aromatic N) is 1. The second kappa shape index (κ2) is 7.64. The van der Waals surface area contributed by atoms with Gasteiger partial charge in [0, 0.05) is 6.20 Å². The standard InChI is InChI=1S/C22H17ClN4O3S/c23-16-7-1-2-8-17(16)30-18-9-4-10-19-21(18)26-22(27-31(19,28)29)25-13-15-6-3-5-14-11-12-24-20(14)15/h1-12,24H,13H2,(H2,25,26,27). The molecule has 0 radical (unpaired) electrons. The number of rotatable bonds is 4. The number of sulfonamides is 1. The lowest BCUT2D eigenvalue weighted by Crippen LogP contribution is -2.40. The zero-order valence-corrected chi connectivity index (χ0v) is 17.7. The second-order valence-corrected chi connectivity index (χ2v) is 8.97. The Balaban J connectivity index is 1.50. The predicted octanol–water partition coefficient (Wildman–Crippen LogP) is 4.87. The molecule has 1 aromatic heterocycles. The van der Waals surface area contributed by atoms with Gasteiger partial charge < -0.3 is 15.0 Å². The van der Waals surface area contributed by atoms with E-state index in [1.54, 1.807) is 36.4 Å². The van der Waals surface area contributed by atoms with Crippen LogP contribution in [0.2, 0.25) is 5.02 Å². The highest BCUT2D eigenvalue weighted by Gasteiger charge is 2.29. The molecule has 1 aliphatic heterocycles. The van der Waals surface area contributed by atoms with Crippen molar-refractivity contribution < 1.29 is 13.2 Å². The van der Waals surface area contributed by atoms with Crippen LogP contribution >= 0.6 is 11.6 Å². The molecule has 2 heterocycles. The van der Waals surface area contributed by atoms with Crippen molar-refractivity contribution >= 4 is 44.2 Å². The SMILES string of the molecule is O=S1(=O)NC(=NCc2cccc3cc[nH]c23)Nc2c(Oc3ccccc3Cl)cccc21. The number of aliphatic imine (C=N–C) groups is 1. The van der Waals surface area contributed by atoms with E-state index in [0.29, 0.717) is 22.2 Å². The number of halogens is 1. The van der Waals surface area contributed by atoms with Gasteiger partial charge >= 0.3 is 0 Å². The second-order valence-electron chi connectivity index (χ2n) is 6.92. The van der Waals surface area contributed by atoms with Crippen molar-refractivity contribution in [2.24, 2.45) is 4.99 Å². The summed E-state index contributed by atoms with van der Waals surface area (Å²) in [6.45, 7) is 0.283. The maximum Gasteiger partial charge on any atom is 0.266 e. The van der Waals surface area contributed by atoms with Gasteiger partial charge in [0.15, 0.2) is 5.75 Å². The van der Waals surface area contributed by atoms with Gasteiger partial charge in [-0.3, -0.25) is 0 Å². The Labute approximate surface area is 183 Å². The molecular weight excluding hydrogens is 436 g/mol. The fourth-order valence-electron chi connectivity index (χ4n) is 3.43. The van der Waals surface area contributed by atoms with Gasteiger partial charge in [0.25, 0.3) is 10.0 Å². The van der Waals surface area contributed by atoms with Gasteiger partial charge in [-0.15, -0.1) is 0 Å². The molecule has 31 heavy (non-hydrogen) atoms. The molecule has 9 heteroatoms. The summed E-state index contributed by atoms with van der Waals surface area (Å²) in [6.07, 6.45) is 1.86. The Kier molecular flexibility index (Phi) is 4.80. The third-order valence-corrected chi connectivity index (χ3v) is 6.58. The third kappa shape index (κ3) is 3.71. The van der Waals surface area contributed by atoms with E-state index < -0.39 is 10.0 Å². The molecule has 0 saturated heterocycles. The first kappa shape index (κ1) is 19.5. The minimum Gasteiger partial charge on any atom is -0.454 e. The van der Waals surface area contributed by atoms with Crippen LogP contribution in [-0.2, 0) is 16.6 Å². The fourth-order valence-corrected chi connectivity index (χ4v) is 4.77. The Hall–Kier alpha value is -3.49. The quantitative estimate of drug-likeness (QED) is 0.411. The maximum atomic E-state index is 12.8. The lowest BCUT2D eigenvalue weighted by atomic mass is 10.1. The van der Waals surface area contributed by atoms with Gasteiger partial charge in [0.1, 0.15) is 16.3 Å². The first-order chi connectivity index (χ1) is 15.0. The van der Waals surface area contributed by atoms with Crippen LogP contribution in [-0.4, -0.2) is 19.4 Å². The van der Waals surface area contributed by atoms with Crippen LogP contribution in [0.15, 0.2) is 82.8 Å². The average Bonchev–Trinajstić information content (AvgIpc) is 3.23. The van der Waals surface area contributed by atoms with E-state index in [4.69, 9.17) is 16.3 Å². The van der Waals surface area contributed by atoms with Crippen LogP contribution in [0.25, 0.3) is 10.9 Å². The monoisotopic (exact) mass is 452 g/mol. The van der Waals surface area contributed by atoms with E-state index in [1.807, 2.05) is 30.5 Å². The molecule has 0 bridgehead atoms. The molecule has 0 aliphatic carbocycles. The molecular formula is C22H17ClN4O3S. The van der Waals surface area contributed by atoms with E-state index in [1.165, 1.54) is 6.07 Å². The normalized spacial score (nSPS) is 15.8. The average molecular weight is 453 g/mol. The van der Waals surface area contributed by atoms with Crippen LogP contribution in [0.1, 0.15) is 5.56 Å². The van der Waals surface area contributed by atoms with Crippen molar-refractivity contribution in [1.82, 2.24) is 9.71 Å². The molecule has 0 spiro atoms. The molecule has 156 valence electrons. The largest absolute Gasteiger partial charge is 0.454 e. The molecule has 3 aromatic carbocycles. The highest BCUT2D eigenvalue weighted by molar-refractivity contribution is 7.90. The molecule has 1 aliphatic rings. The third-order valence-electron chi connectivity index (χ3n) is 4.89. The van der Waals surface area contributed by atoms with Crippen LogP contribution in [0.5, 0.6) is 11.5 Å². The molecule has 0 amide bonds. The summed E-state index contributed by atoms with van der Waals surface area (Å²) in [7, 11) is -3.82. The number of hydrogen-bond donors (Lipinski definition) is 3.